The summed E-state index contributed by atoms with van der Waals surface area (Å²) in [7, 11) is 0. The van der Waals surface area contributed by atoms with E-state index in [2.05, 4.69) is 300 Å². The van der Waals surface area contributed by atoms with Crippen molar-refractivity contribution in [3.8, 4) is 101 Å². The zero-order valence-electron chi connectivity index (χ0n) is 43.7. The van der Waals surface area contributed by atoms with Gasteiger partial charge in [-0.1, -0.05) is 237 Å². The fourth-order valence-electron chi connectivity index (χ4n) is 11.9. The van der Waals surface area contributed by atoms with E-state index in [1.807, 2.05) is 12.1 Å². The van der Waals surface area contributed by atoms with Crippen LogP contribution in [0, 0.1) is 0 Å². The lowest BCUT2D eigenvalue weighted by molar-refractivity contribution is 1.15. The second kappa shape index (κ2) is 19.7. The summed E-state index contributed by atoms with van der Waals surface area (Å²) in [6.07, 6.45) is 0. The summed E-state index contributed by atoms with van der Waals surface area (Å²) in [5, 5.41) is 4.73. The third kappa shape index (κ3) is 8.26. The van der Waals surface area contributed by atoms with Gasteiger partial charge in [-0.2, -0.15) is 0 Å². The zero-order valence-corrected chi connectivity index (χ0v) is 43.7. The van der Waals surface area contributed by atoms with Crippen LogP contribution in [0.4, 0.5) is 0 Å². The Kier molecular flexibility index (Phi) is 11.5. The highest BCUT2D eigenvalue weighted by molar-refractivity contribution is 6.14. The largest absolute Gasteiger partial charge is 0.309 e. The fourth-order valence-corrected chi connectivity index (χ4v) is 11.9. The monoisotopic (exact) mass is 1020 g/mol. The van der Waals surface area contributed by atoms with Crippen LogP contribution in [0.3, 0.4) is 0 Å². The summed E-state index contributed by atoms with van der Waals surface area (Å²) < 4.78 is 4.96. The maximum Gasteiger partial charge on any atom is 0.160 e. The molecule has 0 N–H and O–H groups in total. The summed E-state index contributed by atoms with van der Waals surface area (Å²) in [6.45, 7) is 0. The number of benzene rings is 12. The summed E-state index contributed by atoms with van der Waals surface area (Å²) in [6, 6.07) is 109. The van der Waals surface area contributed by atoms with E-state index in [4.69, 9.17) is 9.97 Å². The molecule has 0 saturated carbocycles. The fraction of sp³-hybridized carbons (Fsp3) is 0. The van der Waals surface area contributed by atoms with E-state index in [-0.39, 0.29) is 0 Å². The van der Waals surface area contributed by atoms with Crippen LogP contribution in [0.2, 0.25) is 0 Å². The van der Waals surface area contributed by atoms with Gasteiger partial charge in [0.15, 0.2) is 5.82 Å². The third-order valence-corrected chi connectivity index (χ3v) is 15.8. The van der Waals surface area contributed by atoms with Crippen molar-refractivity contribution in [3.63, 3.8) is 0 Å². The topological polar surface area (TPSA) is 35.6 Å². The van der Waals surface area contributed by atoms with Gasteiger partial charge in [0.1, 0.15) is 0 Å². The van der Waals surface area contributed by atoms with Gasteiger partial charge in [-0.05, 0) is 111 Å². The number of hydrogen-bond acceptors (Lipinski definition) is 2. The number of para-hydroxylation sites is 1. The summed E-state index contributed by atoms with van der Waals surface area (Å²) in [5.41, 5.74) is 22.8. The van der Waals surface area contributed by atoms with Gasteiger partial charge < -0.3 is 9.13 Å². The minimum absolute atomic E-state index is 0.649. The van der Waals surface area contributed by atoms with Crippen LogP contribution < -0.4 is 0 Å². The van der Waals surface area contributed by atoms with E-state index in [0.29, 0.717) is 5.82 Å². The van der Waals surface area contributed by atoms with Crippen molar-refractivity contribution in [2.75, 3.05) is 0 Å². The van der Waals surface area contributed by atoms with Gasteiger partial charge >= 0.3 is 0 Å². The van der Waals surface area contributed by atoms with E-state index in [0.717, 1.165) is 72.6 Å². The molecular weight excluding hydrogens is 969 g/mol. The van der Waals surface area contributed by atoms with Crippen molar-refractivity contribution < 1.29 is 0 Å². The van der Waals surface area contributed by atoms with Gasteiger partial charge in [-0.25, -0.2) is 9.97 Å². The normalized spacial score (nSPS) is 11.5. The van der Waals surface area contributed by atoms with Crippen LogP contribution in [0.15, 0.2) is 303 Å². The maximum absolute atomic E-state index is 5.40. The Morgan fingerprint density at radius 1 is 0.200 bits per heavy atom. The van der Waals surface area contributed by atoms with E-state index in [9.17, 15) is 0 Å². The predicted molar refractivity (Wildman–Crippen MR) is 334 cm³/mol. The first-order valence-corrected chi connectivity index (χ1v) is 27.3. The van der Waals surface area contributed by atoms with Crippen LogP contribution in [0.1, 0.15) is 0 Å². The molecule has 0 atom stereocenters. The van der Waals surface area contributed by atoms with E-state index < -0.39 is 0 Å². The Labute approximate surface area is 464 Å². The predicted octanol–water partition coefficient (Wildman–Crippen LogP) is 20.0. The second-order valence-corrected chi connectivity index (χ2v) is 20.5. The quantitative estimate of drug-likeness (QED) is 0.137. The van der Waals surface area contributed by atoms with Gasteiger partial charge in [0.05, 0.1) is 44.8 Å². The van der Waals surface area contributed by atoms with Crippen LogP contribution >= 0.6 is 0 Å². The third-order valence-electron chi connectivity index (χ3n) is 15.8. The van der Waals surface area contributed by atoms with Crippen molar-refractivity contribution in [2.24, 2.45) is 0 Å². The van der Waals surface area contributed by atoms with E-state index in [1.165, 1.54) is 66.1 Å². The van der Waals surface area contributed by atoms with Gasteiger partial charge in [0.25, 0.3) is 0 Å². The zero-order chi connectivity index (χ0) is 52.9. The first-order chi connectivity index (χ1) is 39.7. The number of rotatable bonds is 10. The van der Waals surface area contributed by atoms with Crippen LogP contribution in [-0.4, -0.2) is 19.1 Å². The van der Waals surface area contributed by atoms with Gasteiger partial charge in [-0.15, -0.1) is 0 Å². The molecule has 0 radical (unpaired) electrons. The van der Waals surface area contributed by atoms with Crippen molar-refractivity contribution in [1.29, 1.82) is 0 Å². The lowest BCUT2D eigenvalue weighted by atomic mass is 9.98. The molecular formula is C76H50N4. The Bertz CT molecular complexity index is 4530. The van der Waals surface area contributed by atoms with Gasteiger partial charge in [0.2, 0.25) is 0 Å². The number of fused-ring (bicyclic) bond motifs is 6. The Morgan fingerprint density at radius 2 is 0.500 bits per heavy atom. The van der Waals surface area contributed by atoms with E-state index >= 15 is 0 Å². The summed E-state index contributed by atoms with van der Waals surface area (Å²) in [4.78, 5) is 10.8. The molecule has 12 aromatic carbocycles. The average Bonchev–Trinajstić information content (AvgIpc) is 4.28. The van der Waals surface area contributed by atoms with Crippen molar-refractivity contribution >= 4 is 43.6 Å². The second-order valence-electron chi connectivity index (χ2n) is 20.5. The molecule has 3 heterocycles. The molecule has 0 aliphatic carbocycles. The minimum atomic E-state index is 0.649. The molecule has 80 heavy (non-hydrogen) atoms. The molecule has 15 aromatic rings. The molecule has 0 saturated heterocycles. The Balaban J connectivity index is 1.01. The summed E-state index contributed by atoms with van der Waals surface area (Å²) >= 11 is 0. The molecule has 0 aliphatic rings. The first kappa shape index (κ1) is 46.6. The molecule has 15 rings (SSSR count). The molecule has 0 spiro atoms. The number of aromatic nitrogens is 4. The molecule has 3 aromatic heterocycles. The smallest absolute Gasteiger partial charge is 0.160 e. The number of nitrogens with zero attached hydrogens (tertiary/aromatic N) is 4. The first-order valence-electron chi connectivity index (χ1n) is 27.3. The molecule has 0 fully saturated rings. The van der Waals surface area contributed by atoms with Crippen molar-refractivity contribution in [3.05, 3.63) is 303 Å². The molecule has 4 nitrogen and oxygen atoms in total. The standard InChI is InChI=1S/C76H50N4/c1-7-21-51(22-8-1)57-36-41-71-64(45-57)65-46-58(52-23-9-2-10-24-52)37-42-72(65)79(71)70-34-20-19-33-62(70)63-40-35-61(76-77-68(55-29-15-5-16-30-55)50-69(78-76)56-31-17-6-18-32-56)49-75(63)80-73-43-38-59(53-25-11-3-12-26-53)47-66(73)67-48-60(39-44-74(67)80)54-27-13-4-14-28-54/h1-50H. The maximum atomic E-state index is 5.40. The molecule has 0 amide bonds. The molecule has 4 heteroatoms. The van der Waals surface area contributed by atoms with Crippen LogP contribution in [0.25, 0.3) is 145 Å². The lowest BCUT2D eigenvalue weighted by Crippen LogP contribution is -2.03. The highest BCUT2D eigenvalue weighted by Gasteiger charge is 2.23. The molecule has 374 valence electrons. The number of hydrogen-bond donors (Lipinski definition) is 0. The van der Waals surface area contributed by atoms with E-state index in [1.54, 1.807) is 0 Å². The SMILES string of the molecule is c1ccc(-c2ccc3c(c2)c2cc(-c4ccccc4)ccc2n3-c2ccccc2-c2ccc(-c3nc(-c4ccccc4)cc(-c4ccccc4)n3)cc2-n2c3ccc(-c4ccccc4)cc3c3cc(-c4ccccc4)ccc32)cc1. The van der Waals surface area contributed by atoms with Gasteiger partial charge in [0, 0.05) is 49.4 Å². The average molecular weight is 1020 g/mol. The van der Waals surface area contributed by atoms with Crippen molar-refractivity contribution in [1.82, 2.24) is 19.1 Å². The Morgan fingerprint density at radius 3 is 0.875 bits per heavy atom. The minimum Gasteiger partial charge on any atom is -0.309 e. The molecule has 0 bridgehead atoms. The lowest BCUT2D eigenvalue weighted by Gasteiger charge is -2.20. The summed E-state index contributed by atoms with van der Waals surface area (Å²) in [5.74, 6) is 0.649. The van der Waals surface area contributed by atoms with Crippen LogP contribution in [-0.2, 0) is 0 Å². The van der Waals surface area contributed by atoms with Crippen LogP contribution in [0.5, 0.6) is 0 Å². The molecule has 0 unspecified atom stereocenters. The highest BCUT2D eigenvalue weighted by Crippen LogP contribution is 2.45. The Hall–Kier alpha value is -10.7. The highest BCUT2D eigenvalue weighted by atomic mass is 15.0. The molecule has 0 aliphatic heterocycles. The van der Waals surface area contributed by atoms with Crippen molar-refractivity contribution in [2.45, 2.75) is 0 Å². The van der Waals surface area contributed by atoms with Gasteiger partial charge in [-0.3, -0.25) is 0 Å².